The van der Waals surface area contributed by atoms with Crippen molar-refractivity contribution in [3.05, 3.63) is 41.0 Å². The lowest BCUT2D eigenvalue weighted by atomic mass is 9.95. The van der Waals surface area contributed by atoms with Gasteiger partial charge in [-0.15, -0.1) is 0 Å². The van der Waals surface area contributed by atoms with Crippen LogP contribution in [0.5, 0.6) is 0 Å². The number of carbonyl (C=O) groups is 1. The van der Waals surface area contributed by atoms with E-state index in [1.165, 1.54) is 6.07 Å². The molecular formula is C19H23FN4O. The number of aromatic nitrogens is 2. The molecule has 1 amide bonds. The highest BCUT2D eigenvalue weighted by molar-refractivity contribution is 6.04. The average Bonchev–Trinajstić information content (AvgIpc) is 3.21. The van der Waals surface area contributed by atoms with Gasteiger partial charge in [0.1, 0.15) is 11.5 Å². The van der Waals surface area contributed by atoms with Crippen molar-refractivity contribution in [1.82, 2.24) is 9.78 Å². The predicted octanol–water partition coefficient (Wildman–Crippen LogP) is 3.29. The molecule has 1 N–H and O–H groups in total. The van der Waals surface area contributed by atoms with Gasteiger partial charge in [-0.25, -0.2) is 4.39 Å². The van der Waals surface area contributed by atoms with Crippen molar-refractivity contribution in [2.45, 2.75) is 38.5 Å². The number of carbonyl (C=O) groups excluding carboxylic acids is 1. The van der Waals surface area contributed by atoms with Crippen LogP contribution in [-0.4, -0.2) is 28.8 Å². The highest BCUT2D eigenvalue weighted by Crippen LogP contribution is 2.27. The molecular weight excluding hydrogens is 319 g/mol. The standard InChI is InChI=1S/C19H23FN4O/c1-23-18(14-6-2-3-7-16(14)22-23)19(25)21-13-8-9-17(15(20)12-13)24-10-4-5-11-24/h8-9,12H,2-7,10-11H2,1H3,(H,21,25). The summed E-state index contributed by atoms with van der Waals surface area (Å²) in [6, 6.07) is 4.95. The molecule has 6 heteroatoms. The van der Waals surface area contributed by atoms with E-state index in [2.05, 4.69) is 15.3 Å². The molecule has 1 fully saturated rings. The summed E-state index contributed by atoms with van der Waals surface area (Å²) >= 11 is 0. The van der Waals surface area contributed by atoms with Gasteiger partial charge in [-0.1, -0.05) is 0 Å². The van der Waals surface area contributed by atoms with Crippen LogP contribution in [0.25, 0.3) is 0 Å². The van der Waals surface area contributed by atoms with Gasteiger partial charge in [0, 0.05) is 31.4 Å². The second kappa shape index (κ2) is 6.50. The van der Waals surface area contributed by atoms with Gasteiger partial charge in [-0.05, 0) is 56.7 Å². The molecule has 0 unspecified atom stereocenters. The molecule has 0 radical (unpaired) electrons. The lowest BCUT2D eigenvalue weighted by Gasteiger charge is -2.19. The summed E-state index contributed by atoms with van der Waals surface area (Å²) in [5.74, 6) is -0.502. The molecule has 0 bridgehead atoms. The number of fused-ring (bicyclic) bond motifs is 1. The molecule has 2 heterocycles. The van der Waals surface area contributed by atoms with E-state index in [1.54, 1.807) is 23.9 Å². The number of nitrogens with one attached hydrogen (secondary N) is 1. The van der Waals surface area contributed by atoms with Gasteiger partial charge >= 0.3 is 0 Å². The van der Waals surface area contributed by atoms with E-state index in [1.807, 2.05) is 0 Å². The van der Waals surface area contributed by atoms with Crippen LogP contribution in [0.3, 0.4) is 0 Å². The van der Waals surface area contributed by atoms with E-state index in [4.69, 9.17) is 0 Å². The summed E-state index contributed by atoms with van der Waals surface area (Å²) in [6.45, 7) is 1.79. The highest BCUT2D eigenvalue weighted by Gasteiger charge is 2.24. The lowest BCUT2D eigenvalue weighted by molar-refractivity contribution is 0.101. The SMILES string of the molecule is Cn1nc2c(c1C(=O)Nc1ccc(N3CCCC3)c(F)c1)CCCC2. The van der Waals surface area contributed by atoms with Gasteiger partial charge in [-0.3, -0.25) is 9.48 Å². The number of anilines is 2. The molecule has 132 valence electrons. The number of nitrogens with zero attached hydrogens (tertiary/aromatic N) is 3. The minimum absolute atomic E-state index is 0.216. The van der Waals surface area contributed by atoms with Crippen molar-refractivity contribution in [1.29, 1.82) is 0 Å². The summed E-state index contributed by atoms with van der Waals surface area (Å²) in [5, 5.41) is 7.31. The Labute approximate surface area is 146 Å². The van der Waals surface area contributed by atoms with Crippen LogP contribution in [0, 0.1) is 5.82 Å². The normalized spacial score (nSPS) is 16.8. The molecule has 1 aliphatic heterocycles. The van der Waals surface area contributed by atoms with Crippen molar-refractivity contribution in [3.8, 4) is 0 Å². The first kappa shape index (κ1) is 16.1. The van der Waals surface area contributed by atoms with Gasteiger partial charge in [0.25, 0.3) is 5.91 Å². The monoisotopic (exact) mass is 342 g/mol. The molecule has 0 atom stereocenters. The number of rotatable bonds is 3. The highest BCUT2D eigenvalue weighted by atomic mass is 19.1. The summed E-state index contributed by atoms with van der Waals surface area (Å²) in [7, 11) is 1.80. The first-order valence-corrected chi connectivity index (χ1v) is 9.04. The van der Waals surface area contributed by atoms with Crippen LogP contribution in [-0.2, 0) is 19.9 Å². The average molecular weight is 342 g/mol. The number of halogens is 1. The Morgan fingerprint density at radius 1 is 1.16 bits per heavy atom. The second-order valence-electron chi connectivity index (χ2n) is 6.92. The molecule has 25 heavy (non-hydrogen) atoms. The zero-order chi connectivity index (χ0) is 17.4. The Kier molecular flexibility index (Phi) is 4.19. The van der Waals surface area contributed by atoms with Crippen LogP contribution in [0.4, 0.5) is 15.8 Å². The summed E-state index contributed by atoms with van der Waals surface area (Å²) in [5.41, 5.74) is 3.76. The Morgan fingerprint density at radius 3 is 2.68 bits per heavy atom. The minimum atomic E-state index is -0.285. The Hall–Kier alpha value is -2.37. The van der Waals surface area contributed by atoms with Crippen LogP contribution in [0.1, 0.15) is 47.4 Å². The fourth-order valence-electron chi connectivity index (χ4n) is 3.95. The molecule has 1 aromatic heterocycles. The van der Waals surface area contributed by atoms with E-state index in [0.717, 1.165) is 62.9 Å². The smallest absolute Gasteiger partial charge is 0.274 e. The third-order valence-electron chi connectivity index (χ3n) is 5.19. The molecule has 1 saturated heterocycles. The topological polar surface area (TPSA) is 50.2 Å². The van der Waals surface area contributed by atoms with Gasteiger partial charge in [0.15, 0.2) is 0 Å². The summed E-state index contributed by atoms with van der Waals surface area (Å²) in [6.07, 6.45) is 6.21. The number of aryl methyl sites for hydroxylation is 2. The maximum absolute atomic E-state index is 14.4. The molecule has 0 spiro atoms. The molecule has 2 aliphatic rings. The van der Waals surface area contributed by atoms with Crippen molar-refractivity contribution < 1.29 is 9.18 Å². The third kappa shape index (κ3) is 3.01. The fraction of sp³-hybridized carbons (Fsp3) is 0.474. The Balaban J connectivity index is 1.55. The molecule has 0 saturated carbocycles. The van der Waals surface area contributed by atoms with E-state index in [0.29, 0.717) is 17.1 Å². The zero-order valence-corrected chi connectivity index (χ0v) is 14.5. The predicted molar refractivity (Wildman–Crippen MR) is 95.7 cm³/mol. The van der Waals surface area contributed by atoms with E-state index in [-0.39, 0.29) is 11.7 Å². The molecule has 4 rings (SSSR count). The van der Waals surface area contributed by atoms with Gasteiger partial charge in [0.2, 0.25) is 0 Å². The van der Waals surface area contributed by atoms with Crippen LogP contribution < -0.4 is 10.2 Å². The maximum atomic E-state index is 14.4. The van der Waals surface area contributed by atoms with Crippen molar-refractivity contribution in [2.75, 3.05) is 23.3 Å². The van der Waals surface area contributed by atoms with Gasteiger partial charge in [0.05, 0.1) is 11.4 Å². The molecule has 2 aromatic rings. The number of hydrogen-bond donors (Lipinski definition) is 1. The van der Waals surface area contributed by atoms with E-state index in [9.17, 15) is 9.18 Å². The van der Waals surface area contributed by atoms with E-state index < -0.39 is 0 Å². The zero-order valence-electron chi connectivity index (χ0n) is 14.5. The van der Waals surface area contributed by atoms with E-state index >= 15 is 0 Å². The minimum Gasteiger partial charge on any atom is -0.369 e. The van der Waals surface area contributed by atoms with Crippen molar-refractivity contribution in [2.24, 2.45) is 7.05 Å². The molecule has 1 aliphatic carbocycles. The first-order chi connectivity index (χ1) is 12.1. The molecule has 1 aromatic carbocycles. The Morgan fingerprint density at radius 2 is 1.92 bits per heavy atom. The van der Waals surface area contributed by atoms with Gasteiger partial charge < -0.3 is 10.2 Å². The second-order valence-corrected chi connectivity index (χ2v) is 6.92. The maximum Gasteiger partial charge on any atom is 0.274 e. The van der Waals surface area contributed by atoms with Crippen LogP contribution in [0.2, 0.25) is 0 Å². The number of benzene rings is 1. The third-order valence-corrected chi connectivity index (χ3v) is 5.19. The summed E-state index contributed by atoms with van der Waals surface area (Å²) in [4.78, 5) is 14.8. The van der Waals surface area contributed by atoms with Crippen molar-refractivity contribution in [3.63, 3.8) is 0 Å². The first-order valence-electron chi connectivity index (χ1n) is 9.04. The fourth-order valence-corrected chi connectivity index (χ4v) is 3.95. The lowest BCUT2D eigenvalue weighted by Crippen LogP contribution is -2.20. The summed E-state index contributed by atoms with van der Waals surface area (Å²) < 4.78 is 16.1. The largest absolute Gasteiger partial charge is 0.369 e. The van der Waals surface area contributed by atoms with Gasteiger partial charge in [-0.2, -0.15) is 5.10 Å². The number of amides is 1. The quantitative estimate of drug-likeness (QED) is 0.931. The Bertz CT molecular complexity index is 808. The van der Waals surface area contributed by atoms with Crippen LogP contribution >= 0.6 is 0 Å². The van der Waals surface area contributed by atoms with Crippen LogP contribution in [0.15, 0.2) is 18.2 Å². The van der Waals surface area contributed by atoms with Crippen molar-refractivity contribution >= 4 is 17.3 Å². The number of hydrogen-bond acceptors (Lipinski definition) is 3. The molecule has 5 nitrogen and oxygen atoms in total.